The van der Waals surface area contributed by atoms with Crippen molar-refractivity contribution in [3.63, 3.8) is 0 Å². The first-order valence-corrected chi connectivity index (χ1v) is 6.36. The molecule has 88 valence electrons. The summed E-state index contributed by atoms with van der Waals surface area (Å²) < 4.78 is 0. The van der Waals surface area contributed by atoms with Crippen LogP contribution in [0.1, 0.15) is 66.7 Å². The summed E-state index contributed by atoms with van der Waals surface area (Å²) in [6, 6.07) is 0. The Hall–Kier alpha value is -0.460. The van der Waals surface area contributed by atoms with E-state index in [1.807, 2.05) is 0 Å². The van der Waals surface area contributed by atoms with E-state index in [2.05, 4.69) is 51.8 Å². The Kier molecular flexibility index (Phi) is 3.86. The van der Waals surface area contributed by atoms with Crippen LogP contribution < -0.4 is 0 Å². The molecule has 1 heteroatoms. The number of nitrogens with zero attached hydrogens (tertiary/aromatic N) is 1. The van der Waals surface area contributed by atoms with E-state index in [9.17, 15) is 0 Å². The van der Waals surface area contributed by atoms with E-state index in [0.29, 0.717) is 11.1 Å². The van der Waals surface area contributed by atoms with Gasteiger partial charge in [-0.2, -0.15) is 0 Å². The smallest absolute Gasteiger partial charge is 0.0346 e. The van der Waals surface area contributed by atoms with Gasteiger partial charge in [-0.15, -0.1) is 0 Å². The van der Waals surface area contributed by atoms with E-state index in [1.54, 1.807) is 0 Å². The first-order chi connectivity index (χ1) is 6.90. The Balaban J connectivity index is 2.77. The van der Waals surface area contributed by atoms with E-state index in [1.165, 1.54) is 32.1 Å². The van der Waals surface area contributed by atoms with Crippen LogP contribution in [0.5, 0.6) is 0 Å². The number of piperidine rings is 1. The summed E-state index contributed by atoms with van der Waals surface area (Å²) in [6.45, 7) is 11.7. The zero-order chi connectivity index (χ0) is 11.5. The van der Waals surface area contributed by atoms with Gasteiger partial charge in [0.2, 0.25) is 0 Å². The summed E-state index contributed by atoms with van der Waals surface area (Å²) in [5.74, 6) is 0. The highest BCUT2D eigenvalue weighted by atomic mass is 15.2. The third-order valence-electron chi connectivity index (χ3n) is 3.59. The van der Waals surface area contributed by atoms with Gasteiger partial charge in [0.1, 0.15) is 0 Å². The van der Waals surface area contributed by atoms with Gasteiger partial charge in [0.15, 0.2) is 0 Å². The lowest BCUT2D eigenvalue weighted by molar-refractivity contribution is 0.0188. The molecular formula is C14H27N. The van der Waals surface area contributed by atoms with E-state index in [4.69, 9.17) is 0 Å². The predicted molar refractivity (Wildman–Crippen MR) is 67.9 cm³/mol. The first kappa shape index (κ1) is 12.6. The van der Waals surface area contributed by atoms with E-state index < -0.39 is 0 Å². The van der Waals surface area contributed by atoms with E-state index in [-0.39, 0.29) is 0 Å². The van der Waals surface area contributed by atoms with Crippen molar-refractivity contribution >= 4 is 0 Å². The maximum atomic E-state index is 2.57. The van der Waals surface area contributed by atoms with Crippen LogP contribution in [0.25, 0.3) is 0 Å². The lowest BCUT2D eigenvalue weighted by Crippen LogP contribution is -2.55. The van der Waals surface area contributed by atoms with Gasteiger partial charge in [0, 0.05) is 11.1 Å². The molecule has 0 amide bonds. The largest absolute Gasteiger partial charge is 0.368 e. The summed E-state index contributed by atoms with van der Waals surface area (Å²) in [6.07, 6.45) is 11.1. The number of hydrogen-bond acceptors (Lipinski definition) is 1. The molecule has 0 aromatic carbocycles. The molecule has 0 radical (unpaired) electrons. The van der Waals surface area contributed by atoms with Gasteiger partial charge >= 0.3 is 0 Å². The minimum Gasteiger partial charge on any atom is -0.368 e. The summed E-state index contributed by atoms with van der Waals surface area (Å²) in [7, 11) is 0. The fourth-order valence-electron chi connectivity index (χ4n) is 2.76. The summed E-state index contributed by atoms with van der Waals surface area (Å²) in [4.78, 5) is 2.57. The third-order valence-corrected chi connectivity index (χ3v) is 3.59. The van der Waals surface area contributed by atoms with E-state index >= 15 is 0 Å². The van der Waals surface area contributed by atoms with Crippen LogP contribution >= 0.6 is 0 Å². The van der Waals surface area contributed by atoms with Crippen LogP contribution in [-0.2, 0) is 0 Å². The standard InChI is InChI=1S/C14H27N/c1-6-7-8-12-15-13(2,3)10-9-11-14(15,4)5/h8,12H,6-7,9-11H2,1-5H3/b12-8+. The third kappa shape index (κ3) is 2.99. The second-order valence-electron chi connectivity index (χ2n) is 6.02. The average molecular weight is 209 g/mol. The van der Waals surface area contributed by atoms with Crippen molar-refractivity contribution in [2.45, 2.75) is 77.8 Å². The summed E-state index contributed by atoms with van der Waals surface area (Å²) in [5.41, 5.74) is 0.651. The molecule has 0 aromatic rings. The first-order valence-electron chi connectivity index (χ1n) is 6.36. The molecule has 0 unspecified atom stereocenters. The highest BCUT2D eigenvalue weighted by molar-refractivity contribution is 5.03. The fraction of sp³-hybridized carbons (Fsp3) is 0.857. The molecule has 0 spiro atoms. The van der Waals surface area contributed by atoms with Gasteiger partial charge in [0.05, 0.1) is 0 Å². The highest BCUT2D eigenvalue weighted by Gasteiger charge is 2.38. The van der Waals surface area contributed by atoms with Crippen molar-refractivity contribution in [1.82, 2.24) is 4.90 Å². The average Bonchev–Trinajstić information content (AvgIpc) is 2.09. The van der Waals surface area contributed by atoms with Crippen LogP contribution in [0.15, 0.2) is 12.3 Å². The topological polar surface area (TPSA) is 3.24 Å². The van der Waals surface area contributed by atoms with Crippen LogP contribution in [0.4, 0.5) is 0 Å². The lowest BCUT2D eigenvalue weighted by Gasteiger charge is -2.52. The molecule has 1 heterocycles. The number of unbranched alkanes of at least 4 members (excludes halogenated alkanes) is 1. The molecule has 1 aliphatic rings. The Morgan fingerprint density at radius 3 is 2.07 bits per heavy atom. The minimum absolute atomic E-state index is 0.325. The zero-order valence-corrected chi connectivity index (χ0v) is 11.1. The van der Waals surface area contributed by atoms with Crippen molar-refractivity contribution in [3.8, 4) is 0 Å². The van der Waals surface area contributed by atoms with Crippen LogP contribution in [0.3, 0.4) is 0 Å². The lowest BCUT2D eigenvalue weighted by atomic mass is 9.80. The maximum absolute atomic E-state index is 2.57. The molecule has 0 atom stereocenters. The molecule has 1 saturated heterocycles. The molecular weight excluding hydrogens is 182 g/mol. The van der Waals surface area contributed by atoms with Crippen molar-refractivity contribution < 1.29 is 0 Å². The molecule has 1 rings (SSSR count). The predicted octanol–water partition coefficient (Wildman–Crippen LogP) is 4.34. The molecule has 0 N–H and O–H groups in total. The number of hydrogen-bond donors (Lipinski definition) is 0. The molecule has 1 fully saturated rings. The number of allylic oxidation sites excluding steroid dienone is 1. The van der Waals surface area contributed by atoms with Crippen LogP contribution in [-0.4, -0.2) is 16.0 Å². The van der Waals surface area contributed by atoms with Crippen LogP contribution in [0.2, 0.25) is 0 Å². The van der Waals surface area contributed by atoms with Crippen molar-refractivity contribution in [2.24, 2.45) is 0 Å². The maximum Gasteiger partial charge on any atom is 0.0346 e. The second kappa shape index (κ2) is 4.59. The number of likely N-dealkylation sites (tertiary alicyclic amines) is 1. The zero-order valence-electron chi connectivity index (χ0n) is 11.1. The van der Waals surface area contributed by atoms with Gasteiger partial charge in [0.25, 0.3) is 0 Å². The molecule has 1 aliphatic heterocycles. The van der Waals surface area contributed by atoms with Gasteiger partial charge in [-0.1, -0.05) is 19.4 Å². The molecule has 0 bridgehead atoms. The van der Waals surface area contributed by atoms with Gasteiger partial charge in [-0.05, 0) is 59.6 Å². The SMILES string of the molecule is CCC/C=C/N1C(C)(C)CCCC1(C)C. The van der Waals surface area contributed by atoms with Gasteiger partial charge in [-0.25, -0.2) is 0 Å². The molecule has 0 aliphatic carbocycles. The van der Waals surface area contributed by atoms with Gasteiger partial charge < -0.3 is 4.90 Å². The Morgan fingerprint density at radius 2 is 1.60 bits per heavy atom. The molecule has 15 heavy (non-hydrogen) atoms. The Labute approximate surface area is 95.5 Å². The molecule has 1 nitrogen and oxygen atoms in total. The van der Waals surface area contributed by atoms with Crippen molar-refractivity contribution in [1.29, 1.82) is 0 Å². The quantitative estimate of drug-likeness (QED) is 0.668. The van der Waals surface area contributed by atoms with Crippen molar-refractivity contribution in [2.75, 3.05) is 0 Å². The Bertz CT molecular complexity index is 209. The Morgan fingerprint density at radius 1 is 1.07 bits per heavy atom. The molecule has 0 aromatic heterocycles. The second-order valence-corrected chi connectivity index (χ2v) is 6.02. The highest BCUT2D eigenvalue weighted by Crippen LogP contribution is 2.38. The normalized spacial score (nSPS) is 24.7. The monoisotopic (exact) mass is 209 g/mol. The van der Waals surface area contributed by atoms with E-state index in [0.717, 1.165) is 0 Å². The van der Waals surface area contributed by atoms with Crippen molar-refractivity contribution in [3.05, 3.63) is 12.3 Å². The van der Waals surface area contributed by atoms with Gasteiger partial charge in [-0.3, -0.25) is 0 Å². The minimum atomic E-state index is 0.325. The fourth-order valence-corrected chi connectivity index (χ4v) is 2.76. The van der Waals surface area contributed by atoms with Crippen LogP contribution in [0, 0.1) is 0 Å². The number of rotatable bonds is 3. The molecule has 0 saturated carbocycles. The summed E-state index contributed by atoms with van der Waals surface area (Å²) in [5, 5.41) is 0. The summed E-state index contributed by atoms with van der Waals surface area (Å²) >= 11 is 0.